The fourth-order valence-electron chi connectivity index (χ4n) is 2.52. The van der Waals surface area contributed by atoms with Gasteiger partial charge in [0.2, 0.25) is 5.95 Å². The lowest BCUT2D eigenvalue weighted by Gasteiger charge is -2.13. The van der Waals surface area contributed by atoms with Gasteiger partial charge in [-0.1, -0.05) is 35.3 Å². The number of halogens is 2. The van der Waals surface area contributed by atoms with Crippen molar-refractivity contribution in [3.8, 4) is 0 Å². The van der Waals surface area contributed by atoms with Crippen molar-refractivity contribution in [1.29, 1.82) is 0 Å². The zero-order valence-corrected chi connectivity index (χ0v) is 15.9. The minimum absolute atomic E-state index is 0.180. The second-order valence-electron chi connectivity index (χ2n) is 5.62. The molecule has 0 spiro atoms. The second kappa shape index (κ2) is 8.24. The van der Waals surface area contributed by atoms with Crippen molar-refractivity contribution in [2.75, 3.05) is 5.43 Å². The monoisotopic (exact) mass is 402 g/mol. The Labute approximate surface area is 165 Å². The Balaban J connectivity index is 1.78. The Morgan fingerprint density at radius 1 is 1.22 bits per heavy atom. The highest BCUT2D eigenvalue weighted by Gasteiger charge is 2.09. The summed E-state index contributed by atoms with van der Waals surface area (Å²) in [5, 5.41) is 1.52. The van der Waals surface area contributed by atoms with Crippen LogP contribution in [0.2, 0.25) is 10.0 Å². The molecule has 3 rings (SSSR count). The van der Waals surface area contributed by atoms with Gasteiger partial charge in [-0.15, -0.1) is 0 Å². The van der Waals surface area contributed by atoms with Crippen molar-refractivity contribution in [1.82, 2.24) is 15.0 Å². The van der Waals surface area contributed by atoms with Crippen molar-refractivity contribution in [3.63, 3.8) is 0 Å². The fraction of sp³-hybridized carbons (Fsp3) is 0.105. The number of nitrogens with one attached hydrogen (secondary N) is 2. The number of rotatable bonds is 5. The first kappa shape index (κ1) is 18.9. The maximum Gasteiger partial charge on any atom is 0.262 e. The number of nitrogens with zero attached hydrogens (tertiary/aromatic N) is 2. The number of amides is 1. The summed E-state index contributed by atoms with van der Waals surface area (Å²) in [6.07, 6.45) is 2.85. The van der Waals surface area contributed by atoms with E-state index < -0.39 is 5.91 Å². The topological polar surface area (TPSA) is 76.0 Å². The molecule has 0 aliphatic rings. The number of aromatic nitrogens is 2. The molecule has 0 unspecified atom stereocenters. The highest BCUT2D eigenvalue weighted by Crippen LogP contribution is 2.21. The van der Waals surface area contributed by atoms with Crippen LogP contribution in [0, 0.1) is 0 Å². The lowest BCUT2D eigenvalue weighted by atomic mass is 10.2. The Kier molecular flexibility index (Phi) is 5.78. The van der Waals surface area contributed by atoms with Gasteiger partial charge in [-0.2, -0.15) is 0 Å². The first-order chi connectivity index (χ1) is 13.0. The number of carbonyl (C=O) groups excluding carboxylic acids is 1. The average Bonchev–Trinajstić information content (AvgIpc) is 2.67. The molecule has 6 nitrogen and oxygen atoms in total. The fourth-order valence-corrected chi connectivity index (χ4v) is 2.88. The number of fused-ring (bicyclic) bond motifs is 1. The van der Waals surface area contributed by atoms with E-state index in [1.54, 1.807) is 48.5 Å². The van der Waals surface area contributed by atoms with E-state index in [9.17, 15) is 9.59 Å². The Bertz CT molecular complexity index is 1090. The average molecular weight is 403 g/mol. The van der Waals surface area contributed by atoms with Crippen LogP contribution < -0.4 is 16.4 Å². The zero-order valence-electron chi connectivity index (χ0n) is 14.4. The van der Waals surface area contributed by atoms with E-state index in [1.807, 2.05) is 6.92 Å². The molecule has 2 N–H and O–H groups in total. The molecule has 0 saturated carbocycles. The SMILES string of the molecule is CCn1c(NNC(=O)/C=C/c2cc(Cl)ccc2Cl)nc2ccccc2c1=O. The van der Waals surface area contributed by atoms with E-state index in [2.05, 4.69) is 15.8 Å². The predicted molar refractivity (Wildman–Crippen MR) is 109 cm³/mol. The molecule has 0 fully saturated rings. The molecule has 0 bridgehead atoms. The second-order valence-corrected chi connectivity index (χ2v) is 6.46. The normalized spacial score (nSPS) is 11.1. The summed E-state index contributed by atoms with van der Waals surface area (Å²) in [6.45, 7) is 2.23. The molecule has 3 aromatic rings. The van der Waals surface area contributed by atoms with E-state index in [0.29, 0.717) is 33.1 Å². The van der Waals surface area contributed by atoms with Gasteiger partial charge in [-0.05, 0) is 48.9 Å². The van der Waals surface area contributed by atoms with Gasteiger partial charge in [0.1, 0.15) is 0 Å². The van der Waals surface area contributed by atoms with E-state index in [0.717, 1.165) is 0 Å². The van der Waals surface area contributed by atoms with Crippen molar-refractivity contribution in [2.24, 2.45) is 0 Å². The van der Waals surface area contributed by atoms with Crippen LogP contribution >= 0.6 is 23.2 Å². The summed E-state index contributed by atoms with van der Waals surface area (Å²) >= 11 is 12.0. The number of hydrogen-bond acceptors (Lipinski definition) is 4. The summed E-state index contributed by atoms with van der Waals surface area (Å²) in [5.41, 5.74) is 6.18. The van der Waals surface area contributed by atoms with E-state index in [1.165, 1.54) is 10.6 Å². The zero-order chi connectivity index (χ0) is 19.4. The third-order valence-corrected chi connectivity index (χ3v) is 4.43. The van der Waals surface area contributed by atoms with E-state index in [4.69, 9.17) is 23.2 Å². The molecule has 1 heterocycles. The summed E-state index contributed by atoms with van der Waals surface area (Å²) < 4.78 is 1.44. The standard InChI is InChI=1S/C19H16Cl2N4O2/c1-2-25-18(27)14-5-3-4-6-16(14)22-19(25)24-23-17(26)10-7-12-11-13(20)8-9-15(12)21/h3-11H,2H2,1H3,(H,22,24)(H,23,26)/b10-7+. The summed E-state index contributed by atoms with van der Waals surface area (Å²) in [6, 6.07) is 12.0. The van der Waals surface area contributed by atoms with Gasteiger partial charge < -0.3 is 0 Å². The maximum atomic E-state index is 12.5. The molecule has 0 saturated heterocycles. The molecule has 8 heteroatoms. The number of hydrazine groups is 1. The number of carbonyl (C=O) groups is 1. The highest BCUT2D eigenvalue weighted by atomic mass is 35.5. The van der Waals surface area contributed by atoms with Gasteiger partial charge in [0, 0.05) is 22.7 Å². The molecular formula is C19H16Cl2N4O2. The van der Waals surface area contributed by atoms with Gasteiger partial charge in [0.15, 0.2) is 0 Å². The lowest BCUT2D eigenvalue weighted by molar-refractivity contribution is -0.116. The minimum atomic E-state index is -0.434. The van der Waals surface area contributed by atoms with Crippen LogP contribution in [0.3, 0.4) is 0 Å². The molecule has 0 aliphatic carbocycles. The van der Waals surface area contributed by atoms with E-state index >= 15 is 0 Å². The molecule has 2 aromatic carbocycles. The van der Waals surface area contributed by atoms with Crippen LogP contribution in [0.4, 0.5) is 5.95 Å². The third kappa shape index (κ3) is 4.30. The predicted octanol–water partition coefficient (Wildman–Crippen LogP) is 3.88. The number of hydrogen-bond donors (Lipinski definition) is 2. The summed E-state index contributed by atoms with van der Waals surface area (Å²) in [7, 11) is 0. The van der Waals surface area contributed by atoms with Crippen molar-refractivity contribution >= 4 is 52.0 Å². The van der Waals surface area contributed by atoms with Gasteiger partial charge in [-0.25, -0.2) is 4.98 Å². The highest BCUT2D eigenvalue weighted by molar-refractivity contribution is 6.34. The Morgan fingerprint density at radius 3 is 2.78 bits per heavy atom. The molecule has 1 aromatic heterocycles. The van der Waals surface area contributed by atoms with Crippen LogP contribution in [0.25, 0.3) is 17.0 Å². The lowest BCUT2D eigenvalue weighted by Crippen LogP contribution is -2.33. The van der Waals surface area contributed by atoms with E-state index in [-0.39, 0.29) is 11.5 Å². The van der Waals surface area contributed by atoms with Crippen molar-refractivity contribution in [3.05, 3.63) is 74.5 Å². The van der Waals surface area contributed by atoms with Gasteiger partial charge in [0.25, 0.3) is 11.5 Å². The van der Waals surface area contributed by atoms with Gasteiger partial charge in [0.05, 0.1) is 10.9 Å². The van der Waals surface area contributed by atoms with Gasteiger partial charge >= 0.3 is 0 Å². The van der Waals surface area contributed by atoms with Gasteiger partial charge in [-0.3, -0.25) is 25.0 Å². The number of benzene rings is 2. The van der Waals surface area contributed by atoms with Crippen molar-refractivity contribution < 1.29 is 4.79 Å². The molecule has 138 valence electrons. The van der Waals surface area contributed by atoms with Crippen LogP contribution in [-0.4, -0.2) is 15.5 Å². The first-order valence-electron chi connectivity index (χ1n) is 8.18. The minimum Gasteiger partial charge on any atom is -0.277 e. The molecule has 1 amide bonds. The van der Waals surface area contributed by atoms with Crippen LogP contribution in [0.15, 0.2) is 53.3 Å². The maximum absolute atomic E-state index is 12.5. The van der Waals surface area contributed by atoms with Crippen molar-refractivity contribution in [2.45, 2.75) is 13.5 Å². The van der Waals surface area contributed by atoms with Crippen LogP contribution in [0.5, 0.6) is 0 Å². The third-order valence-electron chi connectivity index (χ3n) is 3.85. The summed E-state index contributed by atoms with van der Waals surface area (Å²) in [4.78, 5) is 29.0. The Hall–Kier alpha value is -2.83. The first-order valence-corrected chi connectivity index (χ1v) is 8.94. The molecule has 0 aliphatic heterocycles. The molecule has 27 heavy (non-hydrogen) atoms. The number of para-hydroxylation sites is 1. The Morgan fingerprint density at radius 2 is 2.00 bits per heavy atom. The number of anilines is 1. The largest absolute Gasteiger partial charge is 0.277 e. The quantitative estimate of drug-likeness (QED) is 0.501. The summed E-state index contributed by atoms with van der Waals surface area (Å²) in [5.74, 6) is -0.181. The smallest absolute Gasteiger partial charge is 0.262 e. The van der Waals surface area contributed by atoms with Crippen LogP contribution in [0.1, 0.15) is 12.5 Å². The van der Waals surface area contributed by atoms with Crippen LogP contribution in [-0.2, 0) is 11.3 Å². The molecule has 0 radical (unpaired) electrons. The molecule has 0 atom stereocenters. The molecular weight excluding hydrogens is 387 g/mol.